The minimum Gasteiger partial charge on any atom is -0.494 e. The SMILES string of the molecule is CCCOc1ccc(Oc2cc(Br)ccc2C(N)=S)cc1. The van der Waals surface area contributed by atoms with E-state index in [1.54, 1.807) is 0 Å². The van der Waals surface area contributed by atoms with E-state index in [1.807, 2.05) is 42.5 Å². The Kier molecular flexibility index (Phi) is 5.59. The summed E-state index contributed by atoms with van der Waals surface area (Å²) >= 11 is 8.45. The van der Waals surface area contributed by atoms with Crippen LogP contribution in [0.15, 0.2) is 46.9 Å². The fourth-order valence-corrected chi connectivity index (χ4v) is 2.24. The molecule has 2 aromatic rings. The van der Waals surface area contributed by atoms with E-state index in [9.17, 15) is 0 Å². The fraction of sp³-hybridized carbons (Fsp3) is 0.188. The van der Waals surface area contributed by atoms with E-state index in [0.29, 0.717) is 28.7 Å². The lowest BCUT2D eigenvalue weighted by Gasteiger charge is -2.11. The summed E-state index contributed by atoms with van der Waals surface area (Å²) in [5.41, 5.74) is 6.42. The Hall–Kier alpha value is -1.59. The lowest BCUT2D eigenvalue weighted by molar-refractivity contribution is 0.317. The Labute approximate surface area is 138 Å². The molecule has 0 unspecified atom stereocenters. The van der Waals surface area contributed by atoms with Crippen LogP contribution < -0.4 is 15.2 Å². The molecular formula is C16H16BrNO2S. The van der Waals surface area contributed by atoms with Gasteiger partial charge in [-0.1, -0.05) is 35.1 Å². The van der Waals surface area contributed by atoms with Gasteiger partial charge >= 0.3 is 0 Å². The molecule has 0 amide bonds. The molecule has 0 fully saturated rings. The summed E-state index contributed by atoms with van der Waals surface area (Å²) in [6.07, 6.45) is 0.980. The molecule has 21 heavy (non-hydrogen) atoms. The first-order valence-electron chi connectivity index (χ1n) is 6.60. The van der Waals surface area contributed by atoms with Crippen molar-refractivity contribution in [3.8, 4) is 17.2 Å². The second kappa shape index (κ2) is 7.43. The maximum atomic E-state index is 5.86. The standard InChI is InChI=1S/C16H16BrNO2S/c1-2-9-19-12-4-6-13(7-5-12)20-15-10-11(17)3-8-14(15)16(18)21/h3-8,10H,2,9H2,1H3,(H2,18,21). The minimum atomic E-state index is 0.306. The summed E-state index contributed by atoms with van der Waals surface area (Å²) in [5, 5.41) is 0. The number of benzene rings is 2. The minimum absolute atomic E-state index is 0.306. The number of hydrogen-bond donors (Lipinski definition) is 1. The van der Waals surface area contributed by atoms with Crippen LogP contribution in [0.4, 0.5) is 0 Å². The zero-order chi connectivity index (χ0) is 15.2. The number of nitrogens with two attached hydrogens (primary N) is 1. The monoisotopic (exact) mass is 365 g/mol. The van der Waals surface area contributed by atoms with Crippen LogP contribution in [0.1, 0.15) is 18.9 Å². The smallest absolute Gasteiger partial charge is 0.138 e. The fourth-order valence-electron chi connectivity index (χ4n) is 1.73. The average molecular weight is 366 g/mol. The highest BCUT2D eigenvalue weighted by molar-refractivity contribution is 9.10. The van der Waals surface area contributed by atoms with Gasteiger partial charge in [0, 0.05) is 4.47 Å². The van der Waals surface area contributed by atoms with E-state index in [4.69, 9.17) is 27.4 Å². The second-order valence-electron chi connectivity index (χ2n) is 4.43. The van der Waals surface area contributed by atoms with Gasteiger partial charge in [0.2, 0.25) is 0 Å². The number of halogens is 1. The third-order valence-corrected chi connectivity index (χ3v) is 3.45. The third-order valence-electron chi connectivity index (χ3n) is 2.73. The maximum absolute atomic E-state index is 5.86. The van der Waals surface area contributed by atoms with Crippen LogP contribution in [-0.2, 0) is 0 Å². The largest absolute Gasteiger partial charge is 0.494 e. The molecule has 0 spiro atoms. The summed E-state index contributed by atoms with van der Waals surface area (Å²) in [4.78, 5) is 0.306. The molecule has 0 radical (unpaired) electrons. The quantitative estimate of drug-likeness (QED) is 0.755. The van der Waals surface area contributed by atoms with Crippen molar-refractivity contribution >= 4 is 33.1 Å². The first kappa shape index (κ1) is 15.8. The number of rotatable bonds is 6. The summed E-state index contributed by atoms with van der Waals surface area (Å²) in [5.74, 6) is 2.15. The predicted octanol–water partition coefficient (Wildman–Crippen LogP) is 4.66. The Balaban J connectivity index is 2.18. The van der Waals surface area contributed by atoms with Crippen molar-refractivity contribution in [2.75, 3.05) is 6.61 Å². The van der Waals surface area contributed by atoms with Crippen molar-refractivity contribution in [3.63, 3.8) is 0 Å². The molecule has 3 nitrogen and oxygen atoms in total. The van der Waals surface area contributed by atoms with Crippen molar-refractivity contribution in [3.05, 3.63) is 52.5 Å². The highest BCUT2D eigenvalue weighted by Crippen LogP contribution is 2.29. The lowest BCUT2D eigenvalue weighted by atomic mass is 10.2. The van der Waals surface area contributed by atoms with Gasteiger partial charge in [0.05, 0.1) is 12.2 Å². The normalized spacial score (nSPS) is 10.2. The Morgan fingerprint density at radius 3 is 2.43 bits per heavy atom. The van der Waals surface area contributed by atoms with Gasteiger partial charge in [-0.05, 0) is 48.9 Å². The molecule has 0 saturated heterocycles. The molecule has 2 aromatic carbocycles. The van der Waals surface area contributed by atoms with Gasteiger partial charge in [0.1, 0.15) is 22.2 Å². The zero-order valence-corrected chi connectivity index (χ0v) is 14.0. The molecule has 0 saturated carbocycles. The number of hydrogen-bond acceptors (Lipinski definition) is 3. The molecule has 0 aliphatic carbocycles. The first-order valence-corrected chi connectivity index (χ1v) is 7.80. The van der Waals surface area contributed by atoms with Gasteiger partial charge in [-0.15, -0.1) is 0 Å². The number of ether oxygens (including phenoxy) is 2. The summed E-state index contributed by atoms with van der Waals surface area (Å²) in [7, 11) is 0. The van der Waals surface area contributed by atoms with Gasteiger partial charge in [0.15, 0.2) is 0 Å². The third kappa shape index (κ3) is 4.44. The van der Waals surface area contributed by atoms with Gasteiger partial charge in [-0.25, -0.2) is 0 Å². The van der Waals surface area contributed by atoms with E-state index in [-0.39, 0.29) is 0 Å². The topological polar surface area (TPSA) is 44.5 Å². The molecule has 0 aliphatic rings. The Morgan fingerprint density at radius 1 is 1.14 bits per heavy atom. The van der Waals surface area contributed by atoms with Crippen LogP contribution in [0.25, 0.3) is 0 Å². The van der Waals surface area contributed by atoms with Crippen LogP contribution in [0.3, 0.4) is 0 Å². The molecule has 2 rings (SSSR count). The van der Waals surface area contributed by atoms with Crippen LogP contribution >= 0.6 is 28.1 Å². The van der Waals surface area contributed by atoms with Crippen molar-refractivity contribution < 1.29 is 9.47 Å². The lowest BCUT2D eigenvalue weighted by Crippen LogP contribution is -2.10. The van der Waals surface area contributed by atoms with E-state index in [1.165, 1.54) is 0 Å². The van der Waals surface area contributed by atoms with Crippen LogP contribution in [0.5, 0.6) is 17.2 Å². The Bertz CT molecular complexity index is 629. The van der Waals surface area contributed by atoms with Crippen LogP contribution in [-0.4, -0.2) is 11.6 Å². The predicted molar refractivity (Wildman–Crippen MR) is 92.3 cm³/mol. The van der Waals surface area contributed by atoms with Gasteiger partial charge in [0.25, 0.3) is 0 Å². The second-order valence-corrected chi connectivity index (χ2v) is 5.78. The molecule has 0 aromatic heterocycles. The maximum Gasteiger partial charge on any atom is 0.138 e. The summed E-state index contributed by atoms with van der Waals surface area (Å²) < 4.78 is 12.3. The molecule has 110 valence electrons. The van der Waals surface area contributed by atoms with E-state index in [2.05, 4.69) is 22.9 Å². The Morgan fingerprint density at radius 2 is 1.81 bits per heavy atom. The molecule has 0 atom stereocenters. The van der Waals surface area contributed by atoms with Crippen LogP contribution in [0, 0.1) is 0 Å². The molecular weight excluding hydrogens is 350 g/mol. The molecule has 0 aliphatic heterocycles. The number of thiocarbonyl (C=S) groups is 1. The van der Waals surface area contributed by atoms with E-state index in [0.717, 1.165) is 16.6 Å². The first-order chi connectivity index (χ1) is 10.1. The van der Waals surface area contributed by atoms with Crippen molar-refractivity contribution in [2.24, 2.45) is 5.73 Å². The highest BCUT2D eigenvalue weighted by Gasteiger charge is 2.08. The van der Waals surface area contributed by atoms with Crippen molar-refractivity contribution in [1.82, 2.24) is 0 Å². The highest BCUT2D eigenvalue weighted by atomic mass is 79.9. The van der Waals surface area contributed by atoms with Crippen LogP contribution in [0.2, 0.25) is 0 Å². The summed E-state index contributed by atoms with van der Waals surface area (Å²) in [6.45, 7) is 2.78. The summed E-state index contributed by atoms with van der Waals surface area (Å²) in [6, 6.07) is 13.0. The molecule has 2 N–H and O–H groups in total. The van der Waals surface area contributed by atoms with Gasteiger partial charge in [-0.2, -0.15) is 0 Å². The van der Waals surface area contributed by atoms with E-state index < -0.39 is 0 Å². The molecule has 5 heteroatoms. The van der Waals surface area contributed by atoms with E-state index >= 15 is 0 Å². The van der Waals surface area contributed by atoms with Gasteiger partial charge in [-0.3, -0.25) is 0 Å². The molecule has 0 heterocycles. The van der Waals surface area contributed by atoms with Crippen molar-refractivity contribution in [2.45, 2.75) is 13.3 Å². The van der Waals surface area contributed by atoms with Gasteiger partial charge < -0.3 is 15.2 Å². The average Bonchev–Trinajstić information content (AvgIpc) is 2.46. The zero-order valence-electron chi connectivity index (χ0n) is 11.6. The molecule has 0 bridgehead atoms. The van der Waals surface area contributed by atoms with Crippen molar-refractivity contribution in [1.29, 1.82) is 0 Å².